The average molecular weight is 343 g/mol. The van der Waals surface area contributed by atoms with Crippen LogP contribution in [0.4, 0.5) is 0 Å². The van der Waals surface area contributed by atoms with Gasteiger partial charge in [-0.3, -0.25) is 14.3 Å². The van der Waals surface area contributed by atoms with Crippen molar-refractivity contribution in [1.82, 2.24) is 20.0 Å². The van der Waals surface area contributed by atoms with Crippen molar-refractivity contribution in [3.05, 3.63) is 15.9 Å². The minimum absolute atomic E-state index is 0.0640. The number of nitrogens with one attached hydrogen (secondary N) is 1. The summed E-state index contributed by atoms with van der Waals surface area (Å²) in [6.45, 7) is 7.00. The zero-order chi connectivity index (χ0) is 14.9. The lowest BCUT2D eigenvalue weighted by Gasteiger charge is -2.32. The van der Waals surface area contributed by atoms with Crippen LogP contribution in [0.5, 0.6) is 0 Å². The molecule has 1 saturated heterocycles. The number of nitrogens with zero attached hydrogens (tertiary/aromatic N) is 3. The highest BCUT2D eigenvalue weighted by Crippen LogP contribution is 2.25. The van der Waals surface area contributed by atoms with Crippen LogP contribution in [0.25, 0.3) is 0 Å². The molecule has 20 heavy (non-hydrogen) atoms. The summed E-state index contributed by atoms with van der Waals surface area (Å²) in [6, 6.07) is -0.451. The third-order valence-electron chi connectivity index (χ3n) is 3.60. The lowest BCUT2D eigenvalue weighted by Crippen LogP contribution is -2.56. The number of carbonyl (C=O) groups excluding carboxylic acids is 2. The largest absolute Gasteiger partial charge is 0.345 e. The molecule has 1 atom stereocenters. The fourth-order valence-electron chi connectivity index (χ4n) is 2.32. The molecule has 6 nitrogen and oxygen atoms in total. The van der Waals surface area contributed by atoms with Gasteiger partial charge in [0.25, 0.3) is 0 Å². The second-order valence-electron chi connectivity index (χ2n) is 4.79. The maximum absolute atomic E-state index is 12.0. The first-order chi connectivity index (χ1) is 9.49. The Labute approximate surface area is 126 Å². The number of aryl methyl sites for hydroxylation is 2. The first-order valence-electron chi connectivity index (χ1n) is 6.80. The Morgan fingerprint density at radius 3 is 2.70 bits per heavy atom. The molecule has 1 aliphatic heterocycles. The van der Waals surface area contributed by atoms with Crippen LogP contribution in [0.15, 0.2) is 4.47 Å². The van der Waals surface area contributed by atoms with Crippen molar-refractivity contribution in [3.63, 3.8) is 0 Å². The summed E-state index contributed by atoms with van der Waals surface area (Å²) < 4.78 is 2.82. The summed E-state index contributed by atoms with van der Waals surface area (Å²) >= 11 is 3.56. The minimum atomic E-state index is -0.451. The first-order valence-corrected chi connectivity index (χ1v) is 7.60. The van der Waals surface area contributed by atoms with E-state index in [9.17, 15) is 9.59 Å². The van der Waals surface area contributed by atoms with E-state index in [1.165, 1.54) is 0 Å². The highest BCUT2D eigenvalue weighted by molar-refractivity contribution is 9.10. The molecule has 1 unspecified atom stereocenters. The summed E-state index contributed by atoms with van der Waals surface area (Å²) in [5, 5.41) is 7.11. The second-order valence-corrected chi connectivity index (χ2v) is 5.59. The molecule has 110 valence electrons. The molecule has 1 N–H and O–H groups in total. The lowest BCUT2D eigenvalue weighted by molar-refractivity contribution is -0.145. The van der Waals surface area contributed by atoms with E-state index in [-0.39, 0.29) is 18.4 Å². The van der Waals surface area contributed by atoms with E-state index in [0.29, 0.717) is 6.54 Å². The Morgan fingerprint density at radius 2 is 2.10 bits per heavy atom. The highest BCUT2D eigenvalue weighted by Gasteiger charge is 2.32. The zero-order valence-electron chi connectivity index (χ0n) is 11.9. The Balaban J connectivity index is 2.30. The molecule has 1 aromatic heterocycles. The predicted molar refractivity (Wildman–Crippen MR) is 78.0 cm³/mol. The molecule has 0 spiro atoms. The van der Waals surface area contributed by atoms with E-state index in [2.05, 4.69) is 26.3 Å². The maximum atomic E-state index is 12.0. The summed E-state index contributed by atoms with van der Waals surface area (Å²) in [5.74, 6) is -0.176. The van der Waals surface area contributed by atoms with Crippen molar-refractivity contribution >= 4 is 27.7 Å². The number of piperazine rings is 1. The molecular formula is C13H19BrN4O2. The van der Waals surface area contributed by atoms with Crippen molar-refractivity contribution < 1.29 is 9.59 Å². The summed E-state index contributed by atoms with van der Waals surface area (Å²) in [6.07, 6.45) is 0.824. The van der Waals surface area contributed by atoms with Gasteiger partial charge in [-0.1, -0.05) is 6.92 Å². The van der Waals surface area contributed by atoms with Crippen molar-refractivity contribution in [3.8, 4) is 0 Å². The van der Waals surface area contributed by atoms with Gasteiger partial charge < -0.3 is 10.2 Å². The van der Waals surface area contributed by atoms with Crippen LogP contribution >= 0.6 is 15.9 Å². The monoisotopic (exact) mass is 342 g/mol. The van der Waals surface area contributed by atoms with Crippen LogP contribution in [-0.2, 0) is 29.1 Å². The molecule has 0 aromatic carbocycles. The van der Waals surface area contributed by atoms with Crippen molar-refractivity contribution in [2.75, 3.05) is 6.54 Å². The number of hydrogen-bond acceptors (Lipinski definition) is 3. The minimum Gasteiger partial charge on any atom is -0.345 e. The van der Waals surface area contributed by atoms with Crippen molar-refractivity contribution in [1.29, 1.82) is 0 Å². The maximum Gasteiger partial charge on any atom is 0.242 e. The van der Waals surface area contributed by atoms with Crippen LogP contribution in [0.1, 0.15) is 32.2 Å². The zero-order valence-corrected chi connectivity index (χ0v) is 13.5. The van der Waals surface area contributed by atoms with Gasteiger partial charge in [-0.2, -0.15) is 5.10 Å². The predicted octanol–water partition coefficient (Wildman–Crippen LogP) is 1.07. The van der Waals surface area contributed by atoms with E-state index >= 15 is 0 Å². The third-order valence-corrected chi connectivity index (χ3v) is 4.51. The Hall–Kier alpha value is -1.37. The first kappa shape index (κ1) is 15.0. The topological polar surface area (TPSA) is 67.2 Å². The van der Waals surface area contributed by atoms with E-state index in [1.54, 1.807) is 11.8 Å². The van der Waals surface area contributed by atoms with Gasteiger partial charge in [-0.15, -0.1) is 0 Å². The molecule has 2 amide bonds. The number of carbonyl (C=O) groups is 2. The van der Waals surface area contributed by atoms with Gasteiger partial charge in [0.15, 0.2) is 0 Å². The van der Waals surface area contributed by atoms with Crippen LogP contribution < -0.4 is 5.32 Å². The molecule has 0 aliphatic carbocycles. The molecule has 0 saturated carbocycles. The smallest absolute Gasteiger partial charge is 0.242 e. The molecule has 1 aromatic rings. The second kappa shape index (κ2) is 5.95. The normalized spacial score (nSPS) is 19.4. The molecule has 2 rings (SSSR count). The molecule has 1 aliphatic rings. The average Bonchev–Trinajstić information content (AvgIpc) is 2.75. The van der Waals surface area contributed by atoms with Crippen molar-refractivity contribution in [2.45, 2.75) is 46.3 Å². The number of aromatic nitrogens is 2. The van der Waals surface area contributed by atoms with E-state index in [0.717, 1.165) is 28.8 Å². The fraction of sp³-hybridized carbons (Fsp3) is 0.615. The summed E-state index contributed by atoms with van der Waals surface area (Å²) in [7, 11) is 0. The van der Waals surface area contributed by atoms with Gasteiger partial charge >= 0.3 is 0 Å². The molecule has 7 heteroatoms. The molecule has 0 bridgehead atoms. The number of rotatable bonds is 4. The molecule has 2 heterocycles. The van der Waals surface area contributed by atoms with Gasteiger partial charge in [0.1, 0.15) is 6.04 Å². The molecular weight excluding hydrogens is 324 g/mol. The Morgan fingerprint density at radius 1 is 1.40 bits per heavy atom. The Bertz CT molecular complexity index is 541. The van der Waals surface area contributed by atoms with Crippen molar-refractivity contribution in [2.24, 2.45) is 0 Å². The van der Waals surface area contributed by atoms with E-state index < -0.39 is 6.04 Å². The Kier molecular flexibility index (Phi) is 4.47. The summed E-state index contributed by atoms with van der Waals surface area (Å²) in [5.41, 5.74) is 1.92. The number of hydrogen-bond donors (Lipinski definition) is 1. The number of amides is 2. The molecule has 1 fully saturated rings. The van der Waals surface area contributed by atoms with E-state index in [1.807, 2.05) is 18.5 Å². The van der Waals surface area contributed by atoms with Gasteiger partial charge in [-0.25, -0.2) is 0 Å². The standard InChI is InChI=1S/C13H19BrN4O2/c1-4-9-12(14)10(18(5-2)16-9)7-17-8(3)13(20)15-6-11(17)19/h8H,4-7H2,1-3H3,(H,15,20). The van der Waals surface area contributed by atoms with Gasteiger partial charge in [-0.05, 0) is 36.2 Å². The van der Waals surface area contributed by atoms with Crippen LogP contribution in [0.2, 0.25) is 0 Å². The highest BCUT2D eigenvalue weighted by atomic mass is 79.9. The number of halogens is 1. The SMILES string of the molecule is CCc1nn(CC)c(CN2C(=O)CNC(=O)C2C)c1Br. The van der Waals surface area contributed by atoms with Crippen LogP contribution in [0, 0.1) is 0 Å². The lowest BCUT2D eigenvalue weighted by atomic mass is 10.2. The van der Waals surface area contributed by atoms with Crippen LogP contribution in [0.3, 0.4) is 0 Å². The summed E-state index contributed by atoms with van der Waals surface area (Å²) in [4.78, 5) is 25.3. The fourth-order valence-corrected chi connectivity index (χ4v) is 3.01. The quantitative estimate of drug-likeness (QED) is 0.890. The van der Waals surface area contributed by atoms with E-state index in [4.69, 9.17) is 0 Å². The van der Waals surface area contributed by atoms with Gasteiger partial charge in [0.05, 0.1) is 29.0 Å². The van der Waals surface area contributed by atoms with Crippen LogP contribution in [-0.4, -0.2) is 39.1 Å². The molecule has 0 radical (unpaired) electrons. The third kappa shape index (κ3) is 2.59. The van der Waals surface area contributed by atoms with Gasteiger partial charge in [0.2, 0.25) is 11.8 Å². The van der Waals surface area contributed by atoms with Gasteiger partial charge in [0, 0.05) is 6.54 Å².